The first-order chi connectivity index (χ1) is 6.45. The summed E-state index contributed by atoms with van der Waals surface area (Å²) in [5, 5.41) is 0. The molecule has 78 valence electrons. The minimum absolute atomic E-state index is 0. The van der Waals surface area contributed by atoms with Gasteiger partial charge in [-0.15, -0.1) is 0 Å². The lowest BCUT2D eigenvalue weighted by Crippen LogP contribution is -1.99. The predicted octanol–water partition coefficient (Wildman–Crippen LogP) is 2.22. The quantitative estimate of drug-likeness (QED) is 0.725. The Labute approximate surface area is 86.0 Å². The second-order valence-corrected chi connectivity index (χ2v) is 4.71. The van der Waals surface area contributed by atoms with Crippen LogP contribution >= 0.6 is 0 Å². The first-order valence-electron chi connectivity index (χ1n) is 4.51. The summed E-state index contributed by atoms with van der Waals surface area (Å²) in [6.07, 6.45) is 0.990. The van der Waals surface area contributed by atoms with E-state index in [0.717, 1.165) is 12.0 Å². The first kappa shape index (κ1) is 11.2. The van der Waals surface area contributed by atoms with Gasteiger partial charge in [0.15, 0.2) is 0 Å². The summed E-state index contributed by atoms with van der Waals surface area (Å²) in [4.78, 5) is -0.162. The summed E-state index contributed by atoms with van der Waals surface area (Å²) < 4.78 is 31.9. The SMILES string of the molecule is CCC(C)c1ccc(S(=O)(=O)[O-])cc1.[H+]. The molecule has 0 aromatic heterocycles. The zero-order chi connectivity index (χ0) is 10.8. The van der Waals surface area contributed by atoms with Gasteiger partial charge in [-0.05, 0) is 30.0 Å². The van der Waals surface area contributed by atoms with Crippen LogP contribution in [0.5, 0.6) is 0 Å². The predicted molar refractivity (Wildman–Crippen MR) is 54.2 cm³/mol. The van der Waals surface area contributed by atoms with Gasteiger partial charge in [0.05, 0.1) is 4.90 Å². The molecule has 1 atom stereocenters. The summed E-state index contributed by atoms with van der Waals surface area (Å²) in [5.74, 6) is 0.387. The van der Waals surface area contributed by atoms with Gasteiger partial charge in [0, 0.05) is 0 Å². The van der Waals surface area contributed by atoms with Crippen LogP contribution in [-0.4, -0.2) is 13.0 Å². The van der Waals surface area contributed by atoms with E-state index >= 15 is 0 Å². The van der Waals surface area contributed by atoms with Gasteiger partial charge < -0.3 is 4.55 Å². The Bertz CT molecular complexity index is 397. The molecular formula is C10H14O3S. The lowest BCUT2D eigenvalue weighted by atomic mass is 9.99. The lowest BCUT2D eigenvalue weighted by Gasteiger charge is -2.11. The van der Waals surface area contributed by atoms with Crippen molar-refractivity contribution < 1.29 is 14.4 Å². The Balaban J connectivity index is 0.00000196. The summed E-state index contributed by atoms with van der Waals surface area (Å²) >= 11 is 0. The van der Waals surface area contributed by atoms with Crippen molar-refractivity contribution in [3.05, 3.63) is 29.8 Å². The molecule has 0 bridgehead atoms. The molecule has 0 aliphatic rings. The van der Waals surface area contributed by atoms with E-state index in [9.17, 15) is 13.0 Å². The molecule has 0 heterocycles. The average molecular weight is 214 g/mol. The van der Waals surface area contributed by atoms with Gasteiger partial charge in [0.25, 0.3) is 0 Å². The van der Waals surface area contributed by atoms with Crippen molar-refractivity contribution in [1.29, 1.82) is 0 Å². The molecule has 1 unspecified atom stereocenters. The topological polar surface area (TPSA) is 57.2 Å². The Kier molecular flexibility index (Phi) is 3.29. The minimum atomic E-state index is -4.30. The van der Waals surface area contributed by atoms with E-state index < -0.39 is 10.1 Å². The zero-order valence-electron chi connectivity index (χ0n) is 9.23. The Morgan fingerprint density at radius 1 is 1.36 bits per heavy atom. The first-order valence-corrected chi connectivity index (χ1v) is 5.92. The van der Waals surface area contributed by atoms with Crippen LogP contribution in [0.1, 0.15) is 33.2 Å². The van der Waals surface area contributed by atoms with Gasteiger partial charge in [-0.3, -0.25) is 0 Å². The van der Waals surface area contributed by atoms with E-state index in [-0.39, 0.29) is 6.32 Å². The summed E-state index contributed by atoms with van der Waals surface area (Å²) in [6.45, 7) is 4.11. The van der Waals surface area contributed by atoms with E-state index in [1.54, 1.807) is 12.1 Å². The highest BCUT2D eigenvalue weighted by Gasteiger charge is 2.04. The normalized spacial score (nSPS) is 13.9. The van der Waals surface area contributed by atoms with E-state index in [4.69, 9.17) is 0 Å². The smallest absolute Gasteiger partial charge is 0.744 e. The second-order valence-electron chi connectivity index (χ2n) is 3.33. The Morgan fingerprint density at radius 3 is 2.21 bits per heavy atom. The lowest BCUT2D eigenvalue weighted by molar-refractivity contribution is 0.463. The fraction of sp³-hybridized carbons (Fsp3) is 0.400. The molecular weight excluding hydrogens is 200 g/mol. The molecule has 0 aliphatic heterocycles. The molecule has 0 radical (unpaired) electrons. The van der Waals surface area contributed by atoms with E-state index in [1.807, 2.05) is 0 Å². The molecule has 0 fully saturated rings. The fourth-order valence-electron chi connectivity index (χ4n) is 1.20. The van der Waals surface area contributed by atoms with Crippen molar-refractivity contribution in [2.45, 2.75) is 31.1 Å². The summed E-state index contributed by atoms with van der Waals surface area (Å²) in [5.41, 5.74) is 1.06. The van der Waals surface area contributed by atoms with Crippen LogP contribution in [0.15, 0.2) is 29.2 Å². The van der Waals surface area contributed by atoms with E-state index in [0.29, 0.717) is 5.92 Å². The van der Waals surface area contributed by atoms with Gasteiger partial charge in [-0.2, -0.15) is 0 Å². The van der Waals surface area contributed by atoms with Crippen LogP contribution in [0.25, 0.3) is 0 Å². The van der Waals surface area contributed by atoms with Gasteiger partial charge in [0.1, 0.15) is 10.1 Å². The number of hydrogen-bond donors (Lipinski definition) is 0. The highest BCUT2D eigenvalue weighted by Crippen LogP contribution is 2.20. The molecule has 4 heteroatoms. The molecule has 3 nitrogen and oxygen atoms in total. The maximum atomic E-state index is 10.6. The molecule has 1 rings (SSSR count). The second kappa shape index (κ2) is 4.11. The molecule has 1 aromatic carbocycles. The van der Waals surface area contributed by atoms with Crippen LogP contribution in [0.4, 0.5) is 0 Å². The van der Waals surface area contributed by atoms with Crippen LogP contribution in [0.2, 0.25) is 0 Å². The third kappa shape index (κ3) is 2.56. The van der Waals surface area contributed by atoms with Crippen LogP contribution in [0, 0.1) is 0 Å². The van der Waals surface area contributed by atoms with Gasteiger partial charge in [-0.25, -0.2) is 8.42 Å². The van der Waals surface area contributed by atoms with Crippen LogP contribution in [0.3, 0.4) is 0 Å². The van der Waals surface area contributed by atoms with Gasteiger partial charge >= 0.3 is 1.43 Å². The maximum Gasteiger partial charge on any atom is 1.00 e. The highest BCUT2D eigenvalue weighted by molar-refractivity contribution is 7.85. The molecule has 0 N–H and O–H groups in total. The fourth-order valence-corrected chi connectivity index (χ4v) is 1.67. The van der Waals surface area contributed by atoms with Crippen molar-refractivity contribution in [3.63, 3.8) is 0 Å². The third-order valence-electron chi connectivity index (χ3n) is 2.35. The van der Waals surface area contributed by atoms with Crippen LogP contribution in [-0.2, 0) is 10.1 Å². The van der Waals surface area contributed by atoms with Crippen molar-refractivity contribution in [3.8, 4) is 0 Å². The third-order valence-corrected chi connectivity index (χ3v) is 3.20. The minimum Gasteiger partial charge on any atom is -0.744 e. The number of benzene rings is 1. The monoisotopic (exact) mass is 214 g/mol. The van der Waals surface area contributed by atoms with Gasteiger partial charge in [0.2, 0.25) is 0 Å². The zero-order valence-corrected chi connectivity index (χ0v) is 9.04. The van der Waals surface area contributed by atoms with Crippen molar-refractivity contribution in [2.75, 3.05) is 0 Å². The largest absolute Gasteiger partial charge is 1.00 e. The average Bonchev–Trinajstić information content (AvgIpc) is 2.15. The summed E-state index contributed by atoms with van der Waals surface area (Å²) in [6, 6.07) is 6.12. The standard InChI is InChI=1S/C10H14O3S/c1-3-8(2)9-4-6-10(7-5-9)14(11,12)13/h4-8H,3H2,1-2H3,(H,11,12,13). The van der Waals surface area contributed by atoms with Gasteiger partial charge in [-0.1, -0.05) is 26.0 Å². The molecule has 0 saturated heterocycles. The number of hydrogen-bond acceptors (Lipinski definition) is 3. The van der Waals surface area contributed by atoms with E-state index in [2.05, 4.69) is 13.8 Å². The molecule has 14 heavy (non-hydrogen) atoms. The Hall–Kier alpha value is -0.870. The van der Waals surface area contributed by atoms with Crippen molar-refractivity contribution >= 4 is 10.1 Å². The van der Waals surface area contributed by atoms with Crippen LogP contribution < -0.4 is 0 Å². The highest BCUT2D eigenvalue weighted by atomic mass is 32.2. The summed E-state index contributed by atoms with van der Waals surface area (Å²) in [7, 11) is -4.30. The number of rotatable bonds is 3. The Morgan fingerprint density at radius 2 is 1.86 bits per heavy atom. The van der Waals surface area contributed by atoms with Crippen molar-refractivity contribution in [1.82, 2.24) is 0 Å². The molecule has 0 saturated carbocycles. The van der Waals surface area contributed by atoms with Crippen molar-refractivity contribution in [2.24, 2.45) is 0 Å². The maximum absolute atomic E-state index is 10.6. The molecule has 0 spiro atoms. The molecule has 0 aliphatic carbocycles. The van der Waals surface area contributed by atoms with E-state index in [1.165, 1.54) is 12.1 Å². The molecule has 1 aromatic rings. The molecule has 0 amide bonds.